The van der Waals surface area contributed by atoms with Crippen molar-refractivity contribution in [3.63, 3.8) is 0 Å². The molecule has 0 spiro atoms. The molecule has 1 aromatic heterocycles. The minimum Gasteiger partial charge on any atom is -0.393 e. The molecule has 1 aliphatic carbocycles. The number of benzene rings is 1. The zero-order chi connectivity index (χ0) is 15.0. The number of fused-ring (bicyclic) bond motifs is 1. The zero-order valence-corrected chi connectivity index (χ0v) is 11.7. The molecule has 1 aromatic carbocycles. The number of aromatic nitrogens is 2. The maximum absolute atomic E-state index is 12.5. The fraction of sp³-hybridized carbons (Fsp3) is 0.400. The van der Waals surface area contributed by atoms with Crippen molar-refractivity contribution in [3.8, 4) is 0 Å². The molecule has 1 amide bonds. The van der Waals surface area contributed by atoms with Gasteiger partial charge in [0.15, 0.2) is 5.69 Å². The molecule has 0 saturated heterocycles. The van der Waals surface area contributed by atoms with E-state index in [0.29, 0.717) is 23.2 Å². The van der Waals surface area contributed by atoms with Crippen LogP contribution in [-0.4, -0.2) is 45.8 Å². The maximum atomic E-state index is 12.5. The van der Waals surface area contributed by atoms with Crippen molar-refractivity contribution in [2.45, 2.75) is 18.9 Å². The third kappa shape index (κ3) is 2.54. The van der Waals surface area contributed by atoms with Gasteiger partial charge in [-0.15, -0.1) is 0 Å². The molecule has 0 atom stereocenters. The van der Waals surface area contributed by atoms with Gasteiger partial charge < -0.3 is 10.0 Å². The van der Waals surface area contributed by atoms with Gasteiger partial charge in [-0.1, -0.05) is 18.2 Å². The van der Waals surface area contributed by atoms with E-state index < -0.39 is 0 Å². The summed E-state index contributed by atoms with van der Waals surface area (Å²) in [4.78, 5) is 25.8. The van der Waals surface area contributed by atoms with E-state index in [4.69, 9.17) is 0 Å². The Morgan fingerprint density at radius 1 is 1.38 bits per heavy atom. The molecule has 1 heterocycles. The highest BCUT2D eigenvalue weighted by Gasteiger charge is 2.30. The first kappa shape index (κ1) is 13.8. The lowest BCUT2D eigenvalue weighted by molar-refractivity contribution is 0.0264. The van der Waals surface area contributed by atoms with Gasteiger partial charge in [0.25, 0.3) is 11.5 Å². The highest BCUT2D eigenvalue weighted by atomic mass is 16.3. The molecular weight excluding hydrogens is 270 g/mol. The minimum atomic E-state index is -0.299. The largest absolute Gasteiger partial charge is 0.393 e. The number of H-pyrrole nitrogens is 1. The lowest BCUT2D eigenvalue weighted by Gasteiger charge is -2.34. The monoisotopic (exact) mass is 287 g/mol. The van der Waals surface area contributed by atoms with Crippen LogP contribution < -0.4 is 5.56 Å². The Morgan fingerprint density at radius 2 is 2.05 bits per heavy atom. The summed E-state index contributed by atoms with van der Waals surface area (Å²) < 4.78 is 0. The van der Waals surface area contributed by atoms with Gasteiger partial charge in [-0.05, 0) is 24.8 Å². The lowest BCUT2D eigenvalue weighted by atomic mass is 9.82. The van der Waals surface area contributed by atoms with E-state index in [9.17, 15) is 14.7 Å². The summed E-state index contributed by atoms with van der Waals surface area (Å²) in [6, 6.07) is 6.94. The van der Waals surface area contributed by atoms with E-state index in [2.05, 4.69) is 10.2 Å². The van der Waals surface area contributed by atoms with Crippen LogP contribution >= 0.6 is 0 Å². The summed E-state index contributed by atoms with van der Waals surface area (Å²) in [7, 11) is 1.72. The smallest absolute Gasteiger partial charge is 0.274 e. The van der Waals surface area contributed by atoms with Crippen LogP contribution in [0, 0.1) is 5.92 Å². The lowest BCUT2D eigenvalue weighted by Crippen LogP contribution is -2.40. The number of carbonyl (C=O) groups is 1. The van der Waals surface area contributed by atoms with E-state index >= 15 is 0 Å². The number of nitrogens with zero attached hydrogens (tertiary/aromatic N) is 2. The normalized spacial score (nSPS) is 21.0. The molecule has 0 radical (unpaired) electrons. The zero-order valence-electron chi connectivity index (χ0n) is 11.7. The van der Waals surface area contributed by atoms with Crippen molar-refractivity contribution in [3.05, 3.63) is 40.3 Å². The predicted octanol–water partition coefficient (Wildman–Crippen LogP) is 0.766. The summed E-state index contributed by atoms with van der Waals surface area (Å²) in [5, 5.41) is 16.6. The van der Waals surface area contributed by atoms with Crippen LogP contribution in [0.3, 0.4) is 0 Å². The number of hydrogen-bond acceptors (Lipinski definition) is 4. The third-order valence-electron chi connectivity index (χ3n) is 3.99. The Labute approximate surface area is 121 Å². The Morgan fingerprint density at radius 3 is 2.71 bits per heavy atom. The van der Waals surface area contributed by atoms with Gasteiger partial charge in [-0.25, -0.2) is 5.10 Å². The van der Waals surface area contributed by atoms with Crippen LogP contribution in [0.1, 0.15) is 23.3 Å². The number of rotatable bonds is 3. The number of nitrogens with one attached hydrogen (secondary N) is 1. The Bertz CT molecular complexity index is 734. The standard InChI is InChI=1S/C15H17N3O3/c1-18(8-9-6-10(19)7-9)15(21)13-11-4-2-3-5-12(11)14(20)17-16-13/h2-5,9-10,19H,6-8H2,1H3,(H,17,20). The fourth-order valence-corrected chi connectivity index (χ4v) is 2.78. The average Bonchev–Trinajstić information content (AvgIpc) is 2.45. The molecule has 3 rings (SSSR count). The summed E-state index contributed by atoms with van der Waals surface area (Å²) >= 11 is 0. The summed E-state index contributed by atoms with van der Waals surface area (Å²) in [5.41, 5.74) is -0.0421. The molecule has 0 bridgehead atoms. The van der Waals surface area contributed by atoms with E-state index in [1.165, 1.54) is 0 Å². The molecule has 0 aliphatic heterocycles. The molecule has 2 N–H and O–H groups in total. The van der Waals surface area contributed by atoms with Gasteiger partial charge in [0.05, 0.1) is 11.5 Å². The van der Waals surface area contributed by atoms with Crippen LogP contribution in [0.2, 0.25) is 0 Å². The van der Waals surface area contributed by atoms with Gasteiger partial charge in [0, 0.05) is 19.0 Å². The number of aliphatic hydroxyl groups excluding tert-OH is 1. The van der Waals surface area contributed by atoms with Crippen molar-refractivity contribution >= 4 is 16.7 Å². The van der Waals surface area contributed by atoms with E-state index in [0.717, 1.165) is 12.8 Å². The second-order valence-electron chi connectivity index (χ2n) is 5.62. The van der Waals surface area contributed by atoms with Crippen molar-refractivity contribution in [2.75, 3.05) is 13.6 Å². The molecule has 110 valence electrons. The second-order valence-corrected chi connectivity index (χ2v) is 5.62. The van der Waals surface area contributed by atoms with Crippen molar-refractivity contribution in [1.82, 2.24) is 15.1 Å². The second kappa shape index (κ2) is 5.29. The molecule has 1 fully saturated rings. The van der Waals surface area contributed by atoms with E-state index in [1.54, 1.807) is 36.2 Å². The third-order valence-corrected chi connectivity index (χ3v) is 3.99. The summed E-state index contributed by atoms with van der Waals surface area (Å²) in [6.07, 6.45) is 1.24. The molecule has 1 saturated carbocycles. The molecule has 6 heteroatoms. The van der Waals surface area contributed by atoms with Crippen LogP contribution in [0.5, 0.6) is 0 Å². The average molecular weight is 287 g/mol. The Kier molecular flexibility index (Phi) is 3.47. The maximum Gasteiger partial charge on any atom is 0.274 e. The van der Waals surface area contributed by atoms with Gasteiger partial charge in [-0.3, -0.25) is 9.59 Å². The number of amides is 1. The minimum absolute atomic E-state index is 0.219. The molecule has 21 heavy (non-hydrogen) atoms. The fourth-order valence-electron chi connectivity index (χ4n) is 2.78. The highest BCUT2D eigenvalue weighted by molar-refractivity contribution is 6.04. The van der Waals surface area contributed by atoms with Crippen LogP contribution in [0.4, 0.5) is 0 Å². The van der Waals surface area contributed by atoms with Gasteiger partial charge in [0.1, 0.15) is 0 Å². The SMILES string of the molecule is CN(CC1CC(O)C1)C(=O)c1n[nH]c(=O)c2ccccc12. The first-order valence-corrected chi connectivity index (χ1v) is 6.97. The molecule has 2 aromatic rings. The van der Waals surface area contributed by atoms with Crippen LogP contribution in [-0.2, 0) is 0 Å². The van der Waals surface area contributed by atoms with E-state index in [-0.39, 0.29) is 23.3 Å². The summed E-state index contributed by atoms with van der Waals surface area (Å²) in [6.45, 7) is 0.588. The predicted molar refractivity (Wildman–Crippen MR) is 78.1 cm³/mol. The topological polar surface area (TPSA) is 86.3 Å². The molecule has 1 aliphatic rings. The Balaban J connectivity index is 1.87. The molecular formula is C15H17N3O3. The van der Waals surface area contributed by atoms with E-state index in [1.807, 2.05) is 0 Å². The first-order chi connectivity index (χ1) is 10.1. The molecule has 6 nitrogen and oxygen atoms in total. The highest BCUT2D eigenvalue weighted by Crippen LogP contribution is 2.28. The number of aliphatic hydroxyl groups is 1. The Hall–Kier alpha value is -2.21. The number of aromatic amines is 1. The summed E-state index contributed by atoms with van der Waals surface area (Å²) in [5.74, 6) is 0.117. The number of carbonyl (C=O) groups excluding carboxylic acids is 1. The molecule has 0 unspecified atom stereocenters. The van der Waals surface area contributed by atoms with Crippen LogP contribution in [0.15, 0.2) is 29.1 Å². The van der Waals surface area contributed by atoms with Gasteiger partial charge in [0.2, 0.25) is 0 Å². The quantitative estimate of drug-likeness (QED) is 0.873. The number of hydrogen-bond donors (Lipinski definition) is 2. The van der Waals surface area contributed by atoms with Gasteiger partial charge in [-0.2, -0.15) is 5.10 Å². The van der Waals surface area contributed by atoms with Crippen molar-refractivity contribution in [2.24, 2.45) is 5.92 Å². The van der Waals surface area contributed by atoms with Crippen LogP contribution in [0.25, 0.3) is 10.8 Å². The van der Waals surface area contributed by atoms with Gasteiger partial charge >= 0.3 is 0 Å². The van der Waals surface area contributed by atoms with Crippen molar-refractivity contribution < 1.29 is 9.90 Å². The first-order valence-electron chi connectivity index (χ1n) is 6.97. The van der Waals surface area contributed by atoms with Crippen molar-refractivity contribution in [1.29, 1.82) is 0 Å².